The van der Waals surface area contributed by atoms with Crippen molar-refractivity contribution in [1.29, 1.82) is 0 Å². The predicted molar refractivity (Wildman–Crippen MR) is 91.3 cm³/mol. The molecule has 0 bridgehead atoms. The summed E-state index contributed by atoms with van der Waals surface area (Å²) < 4.78 is 18.3. The van der Waals surface area contributed by atoms with Crippen molar-refractivity contribution in [2.24, 2.45) is 11.7 Å². The highest BCUT2D eigenvalue weighted by Crippen LogP contribution is 2.32. The van der Waals surface area contributed by atoms with Gasteiger partial charge in [0, 0.05) is 12.6 Å². The Balaban J connectivity index is 0.00000264. The van der Waals surface area contributed by atoms with Gasteiger partial charge in [-0.15, -0.1) is 12.4 Å². The molecule has 6 heteroatoms. The summed E-state index contributed by atoms with van der Waals surface area (Å²) in [5.41, 5.74) is 5.87. The van der Waals surface area contributed by atoms with Crippen molar-refractivity contribution in [3.8, 4) is 5.75 Å². The number of nitrogens with two attached hydrogens (primary N) is 1. The third-order valence-electron chi connectivity index (χ3n) is 4.44. The fourth-order valence-electron chi connectivity index (χ4n) is 2.97. The van der Waals surface area contributed by atoms with Crippen LogP contribution in [0.2, 0.25) is 0 Å². The summed E-state index contributed by atoms with van der Waals surface area (Å²) in [7, 11) is 1.78. The van der Waals surface area contributed by atoms with E-state index in [-0.39, 0.29) is 30.0 Å². The second-order valence-corrected chi connectivity index (χ2v) is 6.37. The molecule has 2 rings (SSSR count). The van der Waals surface area contributed by atoms with Gasteiger partial charge in [-0.2, -0.15) is 0 Å². The lowest BCUT2D eigenvalue weighted by molar-refractivity contribution is -0.137. The van der Waals surface area contributed by atoms with Gasteiger partial charge in [0.2, 0.25) is 5.91 Å². The van der Waals surface area contributed by atoms with Crippen LogP contribution >= 0.6 is 12.4 Å². The first-order valence-electron chi connectivity index (χ1n) is 7.82. The van der Waals surface area contributed by atoms with Crippen molar-refractivity contribution < 1.29 is 13.9 Å². The third kappa shape index (κ3) is 5.36. The second kappa shape index (κ2) is 8.50. The molecule has 1 aliphatic carbocycles. The summed E-state index contributed by atoms with van der Waals surface area (Å²) in [6, 6.07) is 5.86. The zero-order valence-corrected chi connectivity index (χ0v) is 14.6. The molecule has 1 amide bonds. The predicted octanol–water partition coefficient (Wildman–Crippen LogP) is 2.99. The van der Waals surface area contributed by atoms with E-state index in [1.807, 2.05) is 6.92 Å². The first kappa shape index (κ1) is 19.7. The molecule has 0 aromatic heterocycles. The average molecular weight is 345 g/mol. The Bertz CT molecular complexity index is 508. The van der Waals surface area contributed by atoms with Gasteiger partial charge in [0.05, 0.1) is 12.5 Å². The number of carbonyl (C=O) groups excluding carboxylic acids is 1. The maximum Gasteiger partial charge on any atom is 0.227 e. The maximum absolute atomic E-state index is 12.8. The molecule has 1 saturated carbocycles. The van der Waals surface area contributed by atoms with Crippen LogP contribution in [-0.4, -0.2) is 36.5 Å². The van der Waals surface area contributed by atoms with Crippen molar-refractivity contribution >= 4 is 18.3 Å². The van der Waals surface area contributed by atoms with Crippen molar-refractivity contribution in [1.82, 2.24) is 4.90 Å². The van der Waals surface area contributed by atoms with Crippen molar-refractivity contribution in [2.45, 2.75) is 38.1 Å². The molecule has 23 heavy (non-hydrogen) atoms. The summed E-state index contributed by atoms with van der Waals surface area (Å²) in [6.45, 7) is 2.84. The molecular weight excluding hydrogens is 319 g/mol. The Morgan fingerprint density at radius 2 is 2.04 bits per heavy atom. The van der Waals surface area contributed by atoms with E-state index in [0.717, 1.165) is 25.7 Å². The zero-order chi connectivity index (χ0) is 16.2. The first-order chi connectivity index (χ1) is 10.4. The molecule has 2 unspecified atom stereocenters. The van der Waals surface area contributed by atoms with Gasteiger partial charge in [-0.25, -0.2) is 4.39 Å². The fourth-order valence-corrected chi connectivity index (χ4v) is 2.97. The molecule has 4 nitrogen and oxygen atoms in total. The number of hydrogen-bond donors (Lipinski definition) is 1. The molecule has 1 aromatic rings. The molecule has 130 valence electrons. The Morgan fingerprint density at radius 1 is 1.39 bits per heavy atom. The highest BCUT2D eigenvalue weighted by molar-refractivity contribution is 5.85. The van der Waals surface area contributed by atoms with Crippen molar-refractivity contribution in [2.75, 3.05) is 20.2 Å². The summed E-state index contributed by atoms with van der Waals surface area (Å²) in [6.07, 6.45) is 3.90. The minimum Gasteiger partial charge on any atom is -0.492 e. The monoisotopic (exact) mass is 344 g/mol. The van der Waals surface area contributed by atoms with E-state index in [2.05, 4.69) is 0 Å². The Morgan fingerprint density at radius 3 is 2.65 bits per heavy atom. The smallest absolute Gasteiger partial charge is 0.227 e. The van der Waals surface area contributed by atoms with Crippen LogP contribution in [-0.2, 0) is 4.79 Å². The van der Waals surface area contributed by atoms with Crippen molar-refractivity contribution in [3.63, 3.8) is 0 Å². The van der Waals surface area contributed by atoms with E-state index in [9.17, 15) is 9.18 Å². The van der Waals surface area contributed by atoms with Gasteiger partial charge in [0.1, 0.15) is 18.2 Å². The Kier molecular flexibility index (Phi) is 7.29. The molecule has 0 heterocycles. The Hall–Kier alpha value is -1.33. The zero-order valence-electron chi connectivity index (χ0n) is 13.8. The van der Waals surface area contributed by atoms with E-state index in [4.69, 9.17) is 10.5 Å². The van der Waals surface area contributed by atoms with Crippen LogP contribution in [0.1, 0.15) is 32.6 Å². The number of rotatable bonds is 5. The van der Waals surface area contributed by atoms with Crippen LogP contribution in [0.5, 0.6) is 5.75 Å². The standard InChI is InChI=1S/C17H25FN2O2.ClH/c1-17(19)10-4-3-5-15(17)16(21)20(2)11-12-22-14-8-6-13(18)7-9-14;/h6-9,15H,3-5,10-12,19H2,1-2H3;1H. The van der Waals surface area contributed by atoms with Gasteiger partial charge < -0.3 is 15.4 Å². The SMILES string of the molecule is CN(CCOc1ccc(F)cc1)C(=O)C1CCCCC1(C)N.Cl. The van der Waals surface area contributed by atoms with E-state index in [1.54, 1.807) is 24.1 Å². The molecule has 2 atom stereocenters. The molecule has 2 N–H and O–H groups in total. The number of carbonyl (C=O) groups is 1. The summed E-state index contributed by atoms with van der Waals surface area (Å²) in [5, 5.41) is 0. The van der Waals surface area contributed by atoms with Gasteiger partial charge in [-0.05, 0) is 44.0 Å². The molecule has 0 radical (unpaired) electrons. The summed E-state index contributed by atoms with van der Waals surface area (Å²) in [4.78, 5) is 14.2. The molecule has 0 saturated heterocycles. The van der Waals surface area contributed by atoms with Crippen LogP contribution < -0.4 is 10.5 Å². The molecule has 0 spiro atoms. The van der Waals surface area contributed by atoms with Crippen LogP contribution in [0.25, 0.3) is 0 Å². The van der Waals surface area contributed by atoms with Gasteiger partial charge in [-0.3, -0.25) is 4.79 Å². The molecule has 1 fully saturated rings. The van der Waals surface area contributed by atoms with Gasteiger partial charge in [0.15, 0.2) is 0 Å². The summed E-state index contributed by atoms with van der Waals surface area (Å²) in [5.74, 6) is 0.284. The molecular formula is C17H26ClFN2O2. The van der Waals surface area contributed by atoms with Gasteiger partial charge in [0.25, 0.3) is 0 Å². The van der Waals surface area contributed by atoms with E-state index in [1.165, 1.54) is 12.1 Å². The highest BCUT2D eigenvalue weighted by atomic mass is 35.5. The fraction of sp³-hybridized carbons (Fsp3) is 0.588. The van der Waals surface area contributed by atoms with Gasteiger partial charge >= 0.3 is 0 Å². The Labute approximate surface area is 143 Å². The van der Waals surface area contributed by atoms with Crippen LogP contribution in [0.4, 0.5) is 4.39 Å². The lowest BCUT2D eigenvalue weighted by atomic mass is 9.74. The highest BCUT2D eigenvalue weighted by Gasteiger charge is 2.38. The van der Waals surface area contributed by atoms with Gasteiger partial charge in [-0.1, -0.05) is 12.8 Å². The molecule has 1 aromatic carbocycles. The number of ether oxygens (including phenoxy) is 1. The van der Waals surface area contributed by atoms with Crippen LogP contribution in [0.15, 0.2) is 24.3 Å². The topological polar surface area (TPSA) is 55.6 Å². The normalized spacial score (nSPS) is 23.7. The summed E-state index contributed by atoms with van der Waals surface area (Å²) >= 11 is 0. The number of hydrogen-bond acceptors (Lipinski definition) is 3. The lowest BCUT2D eigenvalue weighted by Gasteiger charge is -2.39. The number of halogens is 2. The number of benzene rings is 1. The number of likely N-dealkylation sites (N-methyl/N-ethyl adjacent to an activating group) is 1. The number of amides is 1. The quantitative estimate of drug-likeness (QED) is 0.893. The van der Waals surface area contributed by atoms with Crippen LogP contribution in [0.3, 0.4) is 0 Å². The first-order valence-corrected chi connectivity index (χ1v) is 7.82. The average Bonchev–Trinajstić information content (AvgIpc) is 2.48. The minimum atomic E-state index is -0.415. The lowest BCUT2D eigenvalue weighted by Crippen LogP contribution is -2.53. The largest absolute Gasteiger partial charge is 0.492 e. The van der Waals surface area contributed by atoms with E-state index >= 15 is 0 Å². The maximum atomic E-state index is 12.8. The second-order valence-electron chi connectivity index (χ2n) is 6.37. The van der Waals surface area contributed by atoms with E-state index in [0.29, 0.717) is 18.9 Å². The van der Waals surface area contributed by atoms with Crippen molar-refractivity contribution in [3.05, 3.63) is 30.1 Å². The van der Waals surface area contributed by atoms with Crippen LogP contribution in [0, 0.1) is 11.7 Å². The molecule has 0 aliphatic heterocycles. The minimum absolute atomic E-state index is 0. The van der Waals surface area contributed by atoms with E-state index < -0.39 is 5.54 Å². The molecule has 1 aliphatic rings. The number of nitrogens with zero attached hydrogens (tertiary/aromatic N) is 1. The third-order valence-corrected chi connectivity index (χ3v) is 4.44.